The van der Waals surface area contributed by atoms with Crippen LogP contribution in [0.2, 0.25) is 5.02 Å². The van der Waals surface area contributed by atoms with E-state index in [-0.39, 0.29) is 5.91 Å². The molecule has 0 spiro atoms. The highest BCUT2D eigenvalue weighted by Gasteiger charge is 2.18. The first-order valence-electron chi connectivity index (χ1n) is 9.29. The lowest BCUT2D eigenvalue weighted by Crippen LogP contribution is -2.30. The van der Waals surface area contributed by atoms with E-state index in [9.17, 15) is 9.59 Å². The third kappa shape index (κ3) is 4.90. The normalized spacial score (nSPS) is 11.9. The molecule has 0 aliphatic heterocycles. The van der Waals surface area contributed by atoms with Crippen LogP contribution < -0.4 is 20.4 Å². The second-order valence-corrected chi connectivity index (χ2v) is 7.03. The molecule has 2 aromatic carbocycles. The van der Waals surface area contributed by atoms with Crippen molar-refractivity contribution < 1.29 is 18.7 Å². The van der Waals surface area contributed by atoms with Crippen LogP contribution >= 0.6 is 11.6 Å². The molecule has 0 radical (unpaired) electrons. The fourth-order valence-electron chi connectivity index (χ4n) is 3.03. The highest BCUT2D eigenvalue weighted by molar-refractivity contribution is 6.31. The van der Waals surface area contributed by atoms with E-state index < -0.39 is 11.7 Å². The predicted molar refractivity (Wildman–Crippen MR) is 113 cm³/mol. The summed E-state index contributed by atoms with van der Waals surface area (Å²) in [5.74, 6) is 0.549. The smallest absolute Gasteiger partial charge is 0.336 e. The number of methoxy groups -OCH3 is 1. The van der Waals surface area contributed by atoms with Crippen molar-refractivity contribution in [1.82, 2.24) is 0 Å². The van der Waals surface area contributed by atoms with Crippen LogP contribution in [-0.2, 0) is 11.2 Å². The van der Waals surface area contributed by atoms with Crippen LogP contribution in [0.1, 0.15) is 25.8 Å². The van der Waals surface area contributed by atoms with Gasteiger partial charge in [0, 0.05) is 22.5 Å². The van der Waals surface area contributed by atoms with Crippen LogP contribution in [0.25, 0.3) is 11.0 Å². The van der Waals surface area contributed by atoms with Crippen molar-refractivity contribution in [2.24, 2.45) is 0 Å². The molecule has 0 fully saturated rings. The molecule has 1 N–H and O–H groups in total. The van der Waals surface area contributed by atoms with E-state index in [4.69, 9.17) is 25.5 Å². The summed E-state index contributed by atoms with van der Waals surface area (Å²) in [6.07, 6.45) is 0.894. The summed E-state index contributed by atoms with van der Waals surface area (Å²) in [6, 6.07) is 11.7. The van der Waals surface area contributed by atoms with Crippen LogP contribution in [-0.4, -0.2) is 19.1 Å². The second kappa shape index (κ2) is 9.01. The van der Waals surface area contributed by atoms with Gasteiger partial charge in [0.05, 0.1) is 12.8 Å². The van der Waals surface area contributed by atoms with E-state index in [2.05, 4.69) is 5.32 Å². The topological polar surface area (TPSA) is 77.8 Å². The highest BCUT2D eigenvalue weighted by atomic mass is 35.5. The van der Waals surface area contributed by atoms with Gasteiger partial charge in [0.15, 0.2) is 6.10 Å². The monoisotopic (exact) mass is 415 g/mol. The number of hydrogen-bond acceptors (Lipinski definition) is 5. The Morgan fingerprint density at radius 2 is 2.00 bits per heavy atom. The molecule has 0 aliphatic rings. The molecule has 3 rings (SSSR count). The zero-order chi connectivity index (χ0) is 21.0. The van der Waals surface area contributed by atoms with Crippen molar-refractivity contribution in [3.05, 3.63) is 63.5 Å². The van der Waals surface area contributed by atoms with Crippen molar-refractivity contribution in [3.8, 4) is 11.5 Å². The molecule has 29 heavy (non-hydrogen) atoms. The summed E-state index contributed by atoms with van der Waals surface area (Å²) in [5.41, 5.74) is 1.41. The van der Waals surface area contributed by atoms with E-state index in [0.717, 1.165) is 23.8 Å². The molecule has 0 unspecified atom stereocenters. The van der Waals surface area contributed by atoms with E-state index in [1.807, 2.05) is 13.0 Å². The number of rotatable bonds is 7. The molecular weight excluding hydrogens is 394 g/mol. The maximum atomic E-state index is 12.5. The molecule has 152 valence electrons. The Hall–Kier alpha value is -2.99. The fourth-order valence-corrected chi connectivity index (χ4v) is 3.20. The van der Waals surface area contributed by atoms with Crippen molar-refractivity contribution >= 4 is 34.2 Å². The SMILES string of the molecule is CCCc1cc(=O)oc2cc(O[C@H](C)C(=O)Nc3cc(Cl)ccc3OC)ccc12. The van der Waals surface area contributed by atoms with E-state index in [1.54, 1.807) is 37.3 Å². The van der Waals surface area contributed by atoms with Gasteiger partial charge in [-0.05, 0) is 49.2 Å². The van der Waals surface area contributed by atoms with Gasteiger partial charge >= 0.3 is 5.63 Å². The third-order valence-corrected chi connectivity index (χ3v) is 4.66. The van der Waals surface area contributed by atoms with Crippen molar-refractivity contribution in [3.63, 3.8) is 0 Å². The van der Waals surface area contributed by atoms with E-state index in [0.29, 0.717) is 27.8 Å². The Kier molecular flexibility index (Phi) is 6.44. The van der Waals surface area contributed by atoms with Gasteiger partial charge in [-0.3, -0.25) is 4.79 Å². The quantitative estimate of drug-likeness (QED) is 0.560. The van der Waals surface area contributed by atoms with Gasteiger partial charge in [0.1, 0.15) is 17.1 Å². The lowest BCUT2D eigenvalue weighted by atomic mass is 10.1. The second-order valence-electron chi connectivity index (χ2n) is 6.59. The Bertz CT molecular complexity index is 1090. The van der Waals surface area contributed by atoms with Gasteiger partial charge in [-0.1, -0.05) is 24.9 Å². The number of carbonyl (C=O) groups is 1. The van der Waals surface area contributed by atoms with Gasteiger partial charge in [0.25, 0.3) is 5.91 Å². The lowest BCUT2D eigenvalue weighted by Gasteiger charge is -2.16. The maximum absolute atomic E-state index is 12.5. The average molecular weight is 416 g/mol. The van der Waals surface area contributed by atoms with Gasteiger partial charge in [0.2, 0.25) is 0 Å². The number of fused-ring (bicyclic) bond motifs is 1. The average Bonchev–Trinajstić information content (AvgIpc) is 2.68. The molecule has 3 aromatic rings. The highest BCUT2D eigenvalue weighted by Crippen LogP contribution is 2.28. The summed E-state index contributed by atoms with van der Waals surface area (Å²) in [5, 5.41) is 4.08. The molecule has 0 saturated carbocycles. The summed E-state index contributed by atoms with van der Waals surface area (Å²) in [4.78, 5) is 24.4. The first-order valence-corrected chi connectivity index (χ1v) is 9.67. The first-order chi connectivity index (χ1) is 13.9. The number of carbonyl (C=O) groups excluding carboxylic acids is 1. The number of amides is 1. The Morgan fingerprint density at radius 3 is 2.72 bits per heavy atom. The summed E-state index contributed by atoms with van der Waals surface area (Å²) in [6.45, 7) is 3.67. The van der Waals surface area contributed by atoms with Crippen LogP contribution in [0.4, 0.5) is 5.69 Å². The van der Waals surface area contributed by atoms with E-state index in [1.165, 1.54) is 13.2 Å². The molecule has 1 atom stereocenters. The van der Waals surface area contributed by atoms with Crippen molar-refractivity contribution in [1.29, 1.82) is 0 Å². The molecule has 7 heteroatoms. The van der Waals surface area contributed by atoms with E-state index >= 15 is 0 Å². The first kappa shape index (κ1) is 20.7. The molecule has 0 saturated heterocycles. The van der Waals surface area contributed by atoms with Crippen LogP contribution in [0.15, 0.2) is 51.7 Å². The largest absolute Gasteiger partial charge is 0.495 e. The number of hydrogen-bond donors (Lipinski definition) is 1. The summed E-state index contributed by atoms with van der Waals surface area (Å²) >= 11 is 6.00. The number of halogens is 1. The Morgan fingerprint density at radius 1 is 1.21 bits per heavy atom. The van der Waals surface area contributed by atoms with Gasteiger partial charge in [-0.15, -0.1) is 0 Å². The molecule has 1 heterocycles. The summed E-state index contributed by atoms with van der Waals surface area (Å²) in [7, 11) is 1.51. The van der Waals surface area contributed by atoms with Crippen LogP contribution in [0.3, 0.4) is 0 Å². The number of anilines is 1. The van der Waals surface area contributed by atoms with Gasteiger partial charge < -0.3 is 19.2 Å². The zero-order valence-corrected chi connectivity index (χ0v) is 17.2. The van der Waals surface area contributed by atoms with Crippen molar-refractivity contribution in [2.75, 3.05) is 12.4 Å². The van der Waals surface area contributed by atoms with Gasteiger partial charge in [-0.2, -0.15) is 0 Å². The Balaban J connectivity index is 1.79. The zero-order valence-electron chi connectivity index (χ0n) is 16.5. The third-order valence-electron chi connectivity index (χ3n) is 4.42. The minimum absolute atomic E-state index is 0.369. The molecule has 0 aliphatic carbocycles. The number of nitrogens with one attached hydrogen (secondary N) is 1. The maximum Gasteiger partial charge on any atom is 0.336 e. The standard InChI is InChI=1S/C22H22ClNO5/c1-4-5-14-10-21(25)29-20-12-16(7-8-17(14)20)28-13(2)22(26)24-18-11-15(23)6-9-19(18)27-3/h6-13H,4-5H2,1-3H3,(H,24,26)/t13-/m1/s1. The number of aryl methyl sites for hydroxylation is 1. The minimum atomic E-state index is -0.804. The molecule has 1 amide bonds. The lowest BCUT2D eigenvalue weighted by molar-refractivity contribution is -0.122. The number of ether oxygens (including phenoxy) is 2. The molecular formula is C22H22ClNO5. The molecule has 1 aromatic heterocycles. The minimum Gasteiger partial charge on any atom is -0.495 e. The van der Waals surface area contributed by atoms with Crippen LogP contribution in [0, 0.1) is 0 Å². The summed E-state index contributed by atoms with van der Waals surface area (Å²) < 4.78 is 16.3. The Labute approximate surface area is 173 Å². The van der Waals surface area contributed by atoms with Crippen molar-refractivity contribution in [2.45, 2.75) is 32.8 Å². The fraction of sp³-hybridized carbons (Fsp3) is 0.273. The predicted octanol–water partition coefficient (Wildman–Crippen LogP) is 4.81. The number of benzene rings is 2. The van der Waals surface area contributed by atoms with Crippen LogP contribution in [0.5, 0.6) is 11.5 Å². The molecule has 0 bridgehead atoms. The molecule has 6 nitrogen and oxygen atoms in total. The van der Waals surface area contributed by atoms with Gasteiger partial charge in [-0.25, -0.2) is 4.79 Å².